The first-order valence-electron chi connectivity index (χ1n) is 11.0. The number of fused-ring (bicyclic) bond motifs is 1. The van der Waals surface area contributed by atoms with E-state index in [0.29, 0.717) is 5.65 Å². The first kappa shape index (κ1) is 21.4. The van der Waals surface area contributed by atoms with E-state index >= 15 is 0 Å². The molecule has 166 valence electrons. The van der Waals surface area contributed by atoms with Gasteiger partial charge in [-0.05, 0) is 61.3 Å². The van der Waals surface area contributed by atoms with E-state index in [9.17, 15) is 5.11 Å². The van der Waals surface area contributed by atoms with Crippen molar-refractivity contribution in [2.75, 3.05) is 23.8 Å². The highest BCUT2D eigenvalue weighted by Gasteiger charge is 2.23. The third-order valence-electron chi connectivity index (χ3n) is 5.90. The Morgan fingerprint density at radius 2 is 2.00 bits per heavy atom. The summed E-state index contributed by atoms with van der Waals surface area (Å²) in [4.78, 5) is 11.4. The minimum absolute atomic E-state index is 0.234. The third-order valence-corrected chi connectivity index (χ3v) is 6.89. The maximum absolute atomic E-state index is 9.53. The number of aromatic nitrogens is 2. The van der Waals surface area contributed by atoms with Crippen LogP contribution in [0.2, 0.25) is 0 Å². The molecular formula is C26H25N5OS. The van der Waals surface area contributed by atoms with Gasteiger partial charge in [0.05, 0.1) is 17.0 Å². The largest absolute Gasteiger partial charge is 0.395 e. The smallest absolute Gasteiger partial charge is 0.189 e. The normalized spacial score (nSPS) is 16.1. The number of anilines is 4. The van der Waals surface area contributed by atoms with Crippen LogP contribution in [-0.4, -0.2) is 39.2 Å². The number of nitrogens with zero attached hydrogens (tertiary/aromatic N) is 3. The number of nitrogens with one attached hydrogen (secondary N) is 2. The highest BCUT2D eigenvalue weighted by Crippen LogP contribution is 2.34. The Morgan fingerprint density at radius 3 is 2.82 bits per heavy atom. The van der Waals surface area contributed by atoms with Crippen molar-refractivity contribution in [2.45, 2.75) is 25.4 Å². The highest BCUT2D eigenvalue weighted by atomic mass is 32.1. The first-order valence-corrected chi connectivity index (χ1v) is 11.8. The lowest BCUT2D eigenvalue weighted by atomic mass is 10.1. The van der Waals surface area contributed by atoms with Crippen LogP contribution in [0.25, 0.3) is 10.3 Å². The van der Waals surface area contributed by atoms with E-state index in [0.717, 1.165) is 58.4 Å². The summed E-state index contributed by atoms with van der Waals surface area (Å²) < 4.78 is 0.979. The highest BCUT2D eigenvalue weighted by molar-refractivity contribution is 7.22. The molecular weight excluding hydrogens is 430 g/mol. The van der Waals surface area contributed by atoms with Gasteiger partial charge in [-0.3, -0.25) is 4.90 Å². The van der Waals surface area contributed by atoms with Crippen molar-refractivity contribution >= 4 is 43.9 Å². The number of benzene rings is 2. The Labute approximate surface area is 197 Å². The topological polar surface area (TPSA) is 73.3 Å². The van der Waals surface area contributed by atoms with E-state index in [1.54, 1.807) is 17.5 Å². The maximum Gasteiger partial charge on any atom is 0.189 e. The molecule has 6 nitrogen and oxygen atoms in total. The molecule has 5 rings (SSSR count). The average Bonchev–Trinajstić information content (AvgIpc) is 3.47. The third kappa shape index (κ3) is 4.83. The summed E-state index contributed by atoms with van der Waals surface area (Å²) >= 11 is 1.56. The molecule has 0 spiro atoms. The van der Waals surface area contributed by atoms with Crippen LogP contribution in [0.15, 0.2) is 60.8 Å². The minimum Gasteiger partial charge on any atom is -0.395 e. The van der Waals surface area contributed by atoms with Crippen molar-refractivity contribution in [1.82, 2.24) is 14.9 Å². The molecule has 1 atom stereocenters. The van der Waals surface area contributed by atoms with Gasteiger partial charge in [-0.1, -0.05) is 35.5 Å². The molecule has 1 saturated heterocycles. The Morgan fingerprint density at radius 1 is 1.12 bits per heavy atom. The van der Waals surface area contributed by atoms with Crippen LogP contribution >= 0.6 is 11.3 Å². The van der Waals surface area contributed by atoms with Crippen molar-refractivity contribution in [3.05, 3.63) is 71.9 Å². The van der Waals surface area contributed by atoms with Crippen LogP contribution in [0.5, 0.6) is 0 Å². The van der Waals surface area contributed by atoms with Gasteiger partial charge in [0.1, 0.15) is 0 Å². The Balaban J connectivity index is 1.30. The number of thiazole rings is 1. The Bertz CT molecular complexity index is 1290. The van der Waals surface area contributed by atoms with Crippen LogP contribution in [0, 0.1) is 12.3 Å². The lowest BCUT2D eigenvalue weighted by Crippen LogP contribution is -2.31. The number of hydrogen-bond donors (Lipinski definition) is 3. The summed E-state index contributed by atoms with van der Waals surface area (Å²) in [6.07, 6.45) is 9.51. The number of terminal acetylenes is 1. The standard InChI is InChI=1S/C26H25N5OS/c1-2-18-5-3-6-21(15-18)28-23-12-13-27-25-24(23)33-26(30-25)29-20-10-8-19(9-11-20)16-31-14-4-7-22(31)17-32/h1,3,5-6,8-13,15,22,32H,4,7,14,16-17H2,(H2,27,28,29,30)/t22-/m0/s1. The number of pyridine rings is 1. The number of likely N-dealkylation sites (tertiary alicyclic amines) is 1. The van der Waals surface area contributed by atoms with E-state index in [1.807, 2.05) is 30.3 Å². The lowest BCUT2D eigenvalue weighted by Gasteiger charge is -2.22. The van der Waals surface area contributed by atoms with Crippen LogP contribution in [0.4, 0.5) is 22.2 Å². The monoisotopic (exact) mass is 455 g/mol. The Hall–Kier alpha value is -3.44. The minimum atomic E-state index is 0.234. The van der Waals surface area contributed by atoms with Crippen LogP contribution in [0.1, 0.15) is 24.0 Å². The SMILES string of the molecule is C#Cc1cccc(Nc2ccnc3nc(Nc4ccc(CN5CCC[C@H]5CO)cc4)sc23)c1. The van der Waals surface area contributed by atoms with E-state index in [4.69, 9.17) is 6.42 Å². The van der Waals surface area contributed by atoms with Crippen molar-refractivity contribution in [3.8, 4) is 12.3 Å². The molecule has 33 heavy (non-hydrogen) atoms. The van der Waals surface area contributed by atoms with Gasteiger partial charge in [-0.2, -0.15) is 4.98 Å². The van der Waals surface area contributed by atoms with E-state index in [1.165, 1.54) is 5.56 Å². The average molecular weight is 456 g/mol. The summed E-state index contributed by atoms with van der Waals surface area (Å²) in [5.41, 5.74) is 5.62. The molecule has 0 amide bonds. The molecule has 0 aliphatic carbocycles. The van der Waals surface area contributed by atoms with Gasteiger partial charge in [0.25, 0.3) is 0 Å². The zero-order valence-corrected chi connectivity index (χ0v) is 19.0. The van der Waals surface area contributed by atoms with E-state index in [2.05, 4.69) is 55.7 Å². The predicted octanol–water partition coefficient (Wildman–Crippen LogP) is 5.12. The fourth-order valence-electron chi connectivity index (χ4n) is 4.19. The number of aliphatic hydroxyl groups excluding tert-OH is 1. The molecule has 3 N–H and O–H groups in total. The second-order valence-electron chi connectivity index (χ2n) is 8.15. The van der Waals surface area contributed by atoms with Crippen molar-refractivity contribution < 1.29 is 5.11 Å². The van der Waals surface area contributed by atoms with Gasteiger partial charge in [0, 0.05) is 35.7 Å². The van der Waals surface area contributed by atoms with Crippen molar-refractivity contribution in [2.24, 2.45) is 0 Å². The van der Waals surface area contributed by atoms with Gasteiger partial charge < -0.3 is 15.7 Å². The van der Waals surface area contributed by atoms with Crippen LogP contribution in [-0.2, 0) is 6.54 Å². The maximum atomic E-state index is 9.53. The van der Waals surface area contributed by atoms with Gasteiger partial charge in [0.2, 0.25) is 0 Å². The summed E-state index contributed by atoms with van der Waals surface area (Å²) in [6.45, 7) is 2.15. The number of rotatable bonds is 7. The van der Waals surface area contributed by atoms with Crippen molar-refractivity contribution in [3.63, 3.8) is 0 Å². The first-order chi connectivity index (χ1) is 16.2. The predicted molar refractivity (Wildman–Crippen MR) is 135 cm³/mol. The van der Waals surface area contributed by atoms with E-state index < -0.39 is 0 Å². The molecule has 1 aliphatic rings. The van der Waals surface area contributed by atoms with E-state index in [-0.39, 0.29) is 12.6 Å². The molecule has 0 saturated carbocycles. The van der Waals surface area contributed by atoms with Crippen LogP contribution < -0.4 is 10.6 Å². The lowest BCUT2D eigenvalue weighted by molar-refractivity contribution is 0.153. The molecule has 2 aromatic carbocycles. The fraction of sp³-hybridized carbons (Fsp3) is 0.231. The second kappa shape index (κ2) is 9.59. The van der Waals surface area contributed by atoms with Crippen LogP contribution in [0.3, 0.4) is 0 Å². The summed E-state index contributed by atoms with van der Waals surface area (Å²) in [7, 11) is 0. The molecule has 2 aromatic heterocycles. The molecule has 1 fully saturated rings. The zero-order chi connectivity index (χ0) is 22.6. The zero-order valence-electron chi connectivity index (χ0n) is 18.2. The molecule has 0 unspecified atom stereocenters. The molecule has 0 bridgehead atoms. The molecule has 0 radical (unpaired) electrons. The molecule has 7 heteroatoms. The van der Waals surface area contributed by atoms with Gasteiger partial charge in [-0.25, -0.2) is 4.98 Å². The number of aliphatic hydroxyl groups is 1. The Kier molecular flexibility index (Phi) is 6.22. The summed E-state index contributed by atoms with van der Waals surface area (Å²) in [6, 6.07) is 18.4. The second-order valence-corrected chi connectivity index (χ2v) is 9.15. The summed E-state index contributed by atoms with van der Waals surface area (Å²) in [5.74, 6) is 2.66. The summed E-state index contributed by atoms with van der Waals surface area (Å²) in [5, 5.41) is 17.2. The van der Waals surface area contributed by atoms with Crippen molar-refractivity contribution in [1.29, 1.82) is 0 Å². The fourth-order valence-corrected chi connectivity index (χ4v) is 5.10. The van der Waals surface area contributed by atoms with Gasteiger partial charge in [0.15, 0.2) is 10.8 Å². The molecule has 4 aromatic rings. The van der Waals surface area contributed by atoms with Gasteiger partial charge >= 0.3 is 0 Å². The number of hydrogen-bond acceptors (Lipinski definition) is 7. The quantitative estimate of drug-likeness (QED) is 0.336. The molecule has 1 aliphatic heterocycles. The van der Waals surface area contributed by atoms with Gasteiger partial charge in [-0.15, -0.1) is 6.42 Å². The molecule has 3 heterocycles.